The van der Waals surface area contributed by atoms with Crippen molar-refractivity contribution in [2.45, 2.75) is 33.4 Å². The molecule has 31 heavy (non-hydrogen) atoms. The molecule has 0 fully saturated rings. The number of anilines is 1. The van der Waals surface area contributed by atoms with Crippen molar-refractivity contribution in [3.63, 3.8) is 0 Å². The predicted molar refractivity (Wildman–Crippen MR) is 118 cm³/mol. The lowest BCUT2D eigenvalue weighted by molar-refractivity contribution is -0.139. The van der Waals surface area contributed by atoms with Gasteiger partial charge < -0.3 is 10.2 Å². The second kappa shape index (κ2) is 10.4. The van der Waals surface area contributed by atoms with E-state index in [9.17, 15) is 22.4 Å². The summed E-state index contributed by atoms with van der Waals surface area (Å²) in [7, 11) is -3.96. The van der Waals surface area contributed by atoms with Gasteiger partial charge in [-0.25, -0.2) is 12.8 Å². The van der Waals surface area contributed by atoms with Crippen molar-refractivity contribution in [1.29, 1.82) is 0 Å². The molecule has 0 saturated carbocycles. The number of sulfonamides is 1. The Balaban J connectivity index is 2.40. The maximum Gasteiger partial charge on any atom is 0.244 e. The molecule has 0 heterocycles. The summed E-state index contributed by atoms with van der Waals surface area (Å²) in [5.41, 5.74) is 1.56. The molecule has 9 heteroatoms. The molecule has 0 bridgehead atoms. The summed E-state index contributed by atoms with van der Waals surface area (Å²) in [6.07, 6.45) is 0.908. The van der Waals surface area contributed by atoms with Gasteiger partial charge in [-0.1, -0.05) is 42.0 Å². The molecule has 0 saturated heterocycles. The van der Waals surface area contributed by atoms with Crippen LogP contribution >= 0.6 is 0 Å². The number of amides is 2. The molecule has 2 aromatic carbocycles. The summed E-state index contributed by atoms with van der Waals surface area (Å²) < 4.78 is 39.7. The molecule has 0 radical (unpaired) electrons. The molecular weight excluding hydrogens is 421 g/mol. The largest absolute Gasteiger partial charge is 0.355 e. The third-order valence-corrected chi connectivity index (χ3v) is 5.88. The molecule has 2 amide bonds. The number of nitrogens with one attached hydrogen (secondary N) is 1. The van der Waals surface area contributed by atoms with Crippen molar-refractivity contribution < 1.29 is 22.4 Å². The highest BCUT2D eigenvalue weighted by Gasteiger charge is 2.30. The predicted octanol–water partition coefficient (Wildman–Crippen LogP) is 2.45. The Morgan fingerprint density at radius 1 is 1.13 bits per heavy atom. The van der Waals surface area contributed by atoms with Gasteiger partial charge >= 0.3 is 0 Å². The fourth-order valence-electron chi connectivity index (χ4n) is 3.16. The molecule has 2 aromatic rings. The number of nitrogens with zero attached hydrogens (tertiary/aromatic N) is 2. The zero-order valence-corrected chi connectivity index (χ0v) is 18.9. The maximum atomic E-state index is 14.3. The van der Waals surface area contributed by atoms with E-state index < -0.39 is 34.3 Å². The van der Waals surface area contributed by atoms with Crippen molar-refractivity contribution in [3.8, 4) is 0 Å². The lowest BCUT2D eigenvalue weighted by atomic mass is 10.1. The Morgan fingerprint density at radius 2 is 1.81 bits per heavy atom. The Hall–Kier alpha value is -2.94. The molecule has 0 aliphatic carbocycles. The van der Waals surface area contributed by atoms with Gasteiger partial charge in [0.2, 0.25) is 21.8 Å². The van der Waals surface area contributed by atoms with E-state index in [-0.39, 0.29) is 18.1 Å². The number of rotatable bonds is 9. The van der Waals surface area contributed by atoms with Crippen molar-refractivity contribution in [2.24, 2.45) is 0 Å². The Labute approximate surface area is 182 Å². The van der Waals surface area contributed by atoms with Gasteiger partial charge in [0.05, 0.1) is 11.9 Å². The van der Waals surface area contributed by atoms with E-state index in [1.807, 2.05) is 31.2 Å². The Morgan fingerprint density at radius 3 is 2.39 bits per heavy atom. The van der Waals surface area contributed by atoms with Crippen LogP contribution in [-0.2, 0) is 26.2 Å². The number of likely N-dealkylation sites (N-methyl/N-ethyl adjacent to an activating group) is 1. The molecule has 0 aliphatic heterocycles. The van der Waals surface area contributed by atoms with Crippen LogP contribution in [0.4, 0.5) is 10.1 Å². The number of hydrogen-bond donors (Lipinski definition) is 1. The molecule has 0 spiro atoms. The van der Waals surface area contributed by atoms with Crippen LogP contribution < -0.4 is 9.62 Å². The summed E-state index contributed by atoms with van der Waals surface area (Å²) in [6, 6.07) is 11.9. The Kier molecular flexibility index (Phi) is 8.15. The van der Waals surface area contributed by atoms with E-state index in [1.54, 1.807) is 13.8 Å². The highest BCUT2D eigenvalue weighted by Crippen LogP contribution is 2.22. The van der Waals surface area contributed by atoms with Gasteiger partial charge in [0.15, 0.2) is 0 Å². The van der Waals surface area contributed by atoms with Gasteiger partial charge in [-0.05, 0) is 38.5 Å². The highest BCUT2D eigenvalue weighted by molar-refractivity contribution is 7.92. The van der Waals surface area contributed by atoms with E-state index in [4.69, 9.17) is 0 Å². The number of halogens is 1. The fraction of sp³-hybridized carbons (Fsp3) is 0.364. The van der Waals surface area contributed by atoms with Crippen molar-refractivity contribution in [2.75, 3.05) is 23.7 Å². The van der Waals surface area contributed by atoms with Crippen LogP contribution in [0.2, 0.25) is 0 Å². The molecule has 0 aliphatic rings. The summed E-state index contributed by atoms with van der Waals surface area (Å²) in [6.45, 7) is 5.11. The summed E-state index contributed by atoms with van der Waals surface area (Å²) in [4.78, 5) is 27.0. The second-order valence-corrected chi connectivity index (χ2v) is 9.21. The monoisotopic (exact) mass is 449 g/mol. The van der Waals surface area contributed by atoms with Crippen LogP contribution in [0.15, 0.2) is 48.5 Å². The van der Waals surface area contributed by atoms with E-state index in [0.717, 1.165) is 27.8 Å². The average molecular weight is 450 g/mol. The van der Waals surface area contributed by atoms with E-state index >= 15 is 0 Å². The zero-order chi connectivity index (χ0) is 23.2. The first-order chi connectivity index (χ1) is 14.5. The van der Waals surface area contributed by atoms with Gasteiger partial charge in [0.25, 0.3) is 0 Å². The van der Waals surface area contributed by atoms with Gasteiger partial charge in [0, 0.05) is 13.1 Å². The summed E-state index contributed by atoms with van der Waals surface area (Å²) in [5, 5.41) is 2.68. The smallest absolute Gasteiger partial charge is 0.244 e. The minimum Gasteiger partial charge on any atom is -0.355 e. The third-order valence-electron chi connectivity index (χ3n) is 4.75. The van der Waals surface area contributed by atoms with Crippen LogP contribution in [0, 0.1) is 12.7 Å². The van der Waals surface area contributed by atoms with Crippen LogP contribution in [0.25, 0.3) is 0 Å². The first-order valence-corrected chi connectivity index (χ1v) is 11.7. The van der Waals surface area contributed by atoms with Crippen LogP contribution in [0.3, 0.4) is 0 Å². The maximum absolute atomic E-state index is 14.3. The number of aryl methyl sites for hydroxylation is 1. The SMILES string of the molecule is CCNC(=O)C(C)N(Cc1cccc(C)c1)C(=O)CN(c1ccccc1F)S(C)(=O)=O. The number of carbonyl (C=O) groups is 2. The number of hydrogen-bond acceptors (Lipinski definition) is 4. The van der Waals surface area contributed by atoms with Crippen LogP contribution in [-0.4, -0.2) is 50.5 Å². The van der Waals surface area contributed by atoms with Crippen LogP contribution in [0.5, 0.6) is 0 Å². The van der Waals surface area contributed by atoms with Crippen molar-refractivity contribution >= 4 is 27.5 Å². The standard InChI is InChI=1S/C22H28FN3O4S/c1-5-24-22(28)17(3)25(14-18-10-8-9-16(2)13-18)21(27)15-26(31(4,29)30)20-12-7-6-11-19(20)23/h6-13,17H,5,14-15H2,1-4H3,(H,24,28). The molecular formula is C22H28FN3O4S. The first kappa shape index (κ1) is 24.3. The van der Waals surface area contributed by atoms with E-state index in [1.165, 1.54) is 23.1 Å². The highest BCUT2D eigenvalue weighted by atomic mass is 32.2. The van der Waals surface area contributed by atoms with E-state index in [0.29, 0.717) is 6.54 Å². The quantitative estimate of drug-likeness (QED) is 0.637. The minimum atomic E-state index is -3.96. The third kappa shape index (κ3) is 6.52. The number of carbonyl (C=O) groups excluding carboxylic acids is 2. The normalized spacial score (nSPS) is 12.2. The van der Waals surface area contributed by atoms with Gasteiger partial charge in [-0.2, -0.15) is 0 Å². The van der Waals surface area contributed by atoms with Crippen molar-refractivity contribution in [1.82, 2.24) is 10.2 Å². The molecule has 168 valence electrons. The number of benzene rings is 2. The van der Waals surface area contributed by atoms with Gasteiger partial charge in [-0.3, -0.25) is 13.9 Å². The average Bonchev–Trinajstić information content (AvgIpc) is 2.69. The lowest BCUT2D eigenvalue weighted by Crippen LogP contribution is -2.51. The van der Waals surface area contributed by atoms with Crippen molar-refractivity contribution in [3.05, 3.63) is 65.5 Å². The molecule has 1 atom stereocenters. The van der Waals surface area contributed by atoms with Crippen LogP contribution in [0.1, 0.15) is 25.0 Å². The molecule has 7 nitrogen and oxygen atoms in total. The molecule has 0 aromatic heterocycles. The Bertz CT molecular complexity index is 1040. The molecule has 2 rings (SSSR count). The zero-order valence-electron chi connectivity index (χ0n) is 18.1. The summed E-state index contributed by atoms with van der Waals surface area (Å²) in [5.74, 6) is -1.74. The first-order valence-electron chi connectivity index (χ1n) is 9.89. The second-order valence-electron chi connectivity index (χ2n) is 7.30. The topological polar surface area (TPSA) is 86.8 Å². The molecule has 1 unspecified atom stereocenters. The summed E-state index contributed by atoms with van der Waals surface area (Å²) >= 11 is 0. The van der Waals surface area contributed by atoms with Gasteiger partial charge in [0.1, 0.15) is 18.4 Å². The lowest BCUT2D eigenvalue weighted by Gasteiger charge is -2.31. The van der Waals surface area contributed by atoms with Gasteiger partial charge in [-0.15, -0.1) is 0 Å². The molecule has 1 N–H and O–H groups in total. The fourth-order valence-corrected chi connectivity index (χ4v) is 4.01. The minimum absolute atomic E-state index is 0.105. The van der Waals surface area contributed by atoms with E-state index in [2.05, 4.69) is 5.32 Å². The number of para-hydroxylation sites is 1.